The zero-order chi connectivity index (χ0) is 14.3. The minimum Gasteiger partial charge on any atom is -0.317 e. The molecular formula is C13H12F3N3O. The van der Waals surface area contributed by atoms with Crippen LogP contribution >= 0.6 is 0 Å². The number of nitrogens with zero attached hydrogens (tertiary/aromatic N) is 3. The Hall–Kier alpha value is -2.05. The molecule has 7 heteroatoms. The maximum atomic E-state index is 13.3. The molecule has 0 aromatic heterocycles. The van der Waals surface area contributed by atoms with Crippen LogP contribution in [0.25, 0.3) is 0 Å². The summed E-state index contributed by atoms with van der Waals surface area (Å²) in [6, 6.07) is 2.14. The zero-order valence-corrected chi connectivity index (χ0v) is 10.5. The van der Waals surface area contributed by atoms with Crippen molar-refractivity contribution in [2.45, 2.75) is 18.6 Å². The summed E-state index contributed by atoms with van der Waals surface area (Å²) in [7, 11) is 0. The molecule has 4 nitrogen and oxygen atoms in total. The molecule has 0 radical (unpaired) electrons. The largest absolute Gasteiger partial charge is 0.341 e. The summed E-state index contributed by atoms with van der Waals surface area (Å²) >= 11 is 0. The Morgan fingerprint density at radius 1 is 1.20 bits per heavy atom. The molecule has 0 unspecified atom stereocenters. The number of urea groups is 1. The normalized spacial score (nSPS) is 22.2. The van der Waals surface area contributed by atoms with Gasteiger partial charge in [0.15, 0.2) is 0 Å². The van der Waals surface area contributed by atoms with E-state index in [0.29, 0.717) is 12.0 Å². The summed E-state index contributed by atoms with van der Waals surface area (Å²) in [5, 5.41) is 5.08. The fraction of sp³-hybridized carbons (Fsp3) is 0.385. The van der Waals surface area contributed by atoms with Crippen LogP contribution in [0.4, 0.5) is 18.0 Å². The van der Waals surface area contributed by atoms with E-state index in [1.807, 2.05) is 0 Å². The van der Waals surface area contributed by atoms with Crippen molar-refractivity contribution in [3.63, 3.8) is 0 Å². The summed E-state index contributed by atoms with van der Waals surface area (Å²) in [4.78, 5) is 13.4. The number of halogens is 3. The van der Waals surface area contributed by atoms with Gasteiger partial charge in [0, 0.05) is 18.7 Å². The van der Waals surface area contributed by atoms with Crippen molar-refractivity contribution in [1.82, 2.24) is 9.91 Å². The quantitative estimate of drug-likeness (QED) is 0.780. The first-order chi connectivity index (χ1) is 9.54. The van der Waals surface area contributed by atoms with Crippen LogP contribution in [0, 0.1) is 11.6 Å². The molecule has 20 heavy (non-hydrogen) atoms. The highest BCUT2D eigenvalue weighted by molar-refractivity contribution is 5.79. The maximum absolute atomic E-state index is 13.3. The molecular weight excluding hydrogens is 271 g/mol. The predicted molar refractivity (Wildman–Crippen MR) is 65.9 cm³/mol. The Labute approximate surface area is 113 Å². The maximum Gasteiger partial charge on any atom is 0.341 e. The Kier molecular flexibility index (Phi) is 3.11. The van der Waals surface area contributed by atoms with E-state index >= 15 is 0 Å². The second-order valence-electron chi connectivity index (χ2n) is 4.88. The summed E-state index contributed by atoms with van der Waals surface area (Å²) in [6.45, 7) is 0.0736. The second-order valence-corrected chi connectivity index (χ2v) is 4.88. The van der Waals surface area contributed by atoms with Crippen LogP contribution in [0.15, 0.2) is 23.3 Å². The van der Waals surface area contributed by atoms with Crippen molar-refractivity contribution in [1.29, 1.82) is 0 Å². The predicted octanol–water partition coefficient (Wildman–Crippen LogP) is 2.47. The first kappa shape index (κ1) is 13.0. The van der Waals surface area contributed by atoms with E-state index in [1.165, 1.54) is 23.2 Å². The molecule has 1 aromatic rings. The van der Waals surface area contributed by atoms with Gasteiger partial charge in [-0.25, -0.2) is 23.0 Å². The number of amides is 2. The van der Waals surface area contributed by atoms with E-state index in [0.717, 1.165) is 11.1 Å². The molecule has 0 aliphatic carbocycles. The molecule has 2 heterocycles. The summed E-state index contributed by atoms with van der Waals surface area (Å²) in [6.07, 6.45) is 0.884. The second kappa shape index (κ2) is 4.81. The molecule has 0 spiro atoms. The number of hydrazone groups is 1. The smallest absolute Gasteiger partial charge is 0.317 e. The molecule has 1 atom stereocenters. The van der Waals surface area contributed by atoms with Crippen LogP contribution in [0.1, 0.15) is 18.0 Å². The van der Waals surface area contributed by atoms with Crippen molar-refractivity contribution in [2.75, 3.05) is 13.1 Å². The van der Waals surface area contributed by atoms with Crippen LogP contribution < -0.4 is 0 Å². The molecule has 2 aliphatic rings. The highest BCUT2D eigenvalue weighted by atomic mass is 19.1. The van der Waals surface area contributed by atoms with Gasteiger partial charge in [-0.2, -0.15) is 5.10 Å². The van der Waals surface area contributed by atoms with Gasteiger partial charge in [0.25, 0.3) is 0 Å². The fourth-order valence-corrected chi connectivity index (χ4v) is 2.37. The standard InChI is InChI=1S/C13H12F3N3O/c14-9-3-8(4-10(15)5-9)12-1-2-17-19(12)13(20)18-6-11(16)7-18/h2-5,11-12H,1,6-7H2/t12-/m0/s1. The molecule has 1 fully saturated rings. The number of rotatable bonds is 1. The molecule has 3 rings (SSSR count). The van der Waals surface area contributed by atoms with Gasteiger partial charge in [0.2, 0.25) is 0 Å². The third-order valence-corrected chi connectivity index (χ3v) is 3.40. The van der Waals surface area contributed by atoms with E-state index in [9.17, 15) is 18.0 Å². The van der Waals surface area contributed by atoms with Gasteiger partial charge in [-0.1, -0.05) is 0 Å². The van der Waals surface area contributed by atoms with E-state index in [1.54, 1.807) is 0 Å². The fourth-order valence-electron chi connectivity index (χ4n) is 2.37. The SMILES string of the molecule is O=C(N1CC(F)C1)N1N=CC[C@H]1c1cc(F)cc(F)c1. The zero-order valence-electron chi connectivity index (χ0n) is 10.5. The van der Waals surface area contributed by atoms with Crippen molar-refractivity contribution in [3.8, 4) is 0 Å². The van der Waals surface area contributed by atoms with Crippen LogP contribution in [-0.4, -0.2) is 41.4 Å². The third kappa shape index (κ3) is 2.23. The van der Waals surface area contributed by atoms with Gasteiger partial charge >= 0.3 is 6.03 Å². The first-order valence-corrected chi connectivity index (χ1v) is 6.25. The van der Waals surface area contributed by atoms with E-state index in [4.69, 9.17) is 0 Å². The average molecular weight is 283 g/mol. The minimum absolute atomic E-state index is 0.0368. The Morgan fingerprint density at radius 3 is 2.45 bits per heavy atom. The van der Waals surface area contributed by atoms with Gasteiger partial charge in [-0.15, -0.1) is 0 Å². The number of alkyl halides is 1. The lowest BCUT2D eigenvalue weighted by Crippen LogP contribution is -2.55. The van der Waals surface area contributed by atoms with Crippen molar-refractivity contribution < 1.29 is 18.0 Å². The highest BCUT2D eigenvalue weighted by Gasteiger charge is 2.37. The summed E-state index contributed by atoms with van der Waals surface area (Å²) < 4.78 is 39.3. The first-order valence-electron chi connectivity index (χ1n) is 6.25. The highest BCUT2D eigenvalue weighted by Crippen LogP contribution is 2.31. The molecule has 0 saturated carbocycles. The van der Waals surface area contributed by atoms with Gasteiger partial charge in [-0.3, -0.25) is 0 Å². The molecule has 2 aliphatic heterocycles. The Bertz CT molecular complexity index is 552. The molecule has 0 N–H and O–H groups in total. The van der Waals surface area contributed by atoms with Crippen molar-refractivity contribution in [2.24, 2.45) is 5.10 Å². The number of likely N-dealkylation sites (tertiary alicyclic amines) is 1. The monoisotopic (exact) mass is 283 g/mol. The van der Waals surface area contributed by atoms with E-state index < -0.39 is 29.9 Å². The van der Waals surface area contributed by atoms with Crippen LogP contribution in [0.3, 0.4) is 0 Å². The number of carbonyl (C=O) groups excluding carboxylic acids is 1. The minimum atomic E-state index is -1.00. The number of carbonyl (C=O) groups is 1. The van der Waals surface area contributed by atoms with Crippen molar-refractivity contribution >= 4 is 12.2 Å². The van der Waals surface area contributed by atoms with E-state index in [2.05, 4.69) is 5.10 Å². The lowest BCUT2D eigenvalue weighted by molar-refractivity contribution is 0.0628. The van der Waals surface area contributed by atoms with Crippen LogP contribution in [-0.2, 0) is 0 Å². The van der Waals surface area contributed by atoms with Crippen LogP contribution in [0.2, 0.25) is 0 Å². The lowest BCUT2D eigenvalue weighted by Gasteiger charge is -2.37. The van der Waals surface area contributed by atoms with Gasteiger partial charge in [-0.05, 0) is 17.7 Å². The van der Waals surface area contributed by atoms with Crippen LogP contribution in [0.5, 0.6) is 0 Å². The lowest BCUT2D eigenvalue weighted by atomic mass is 10.0. The summed E-state index contributed by atoms with van der Waals surface area (Å²) in [5.74, 6) is -1.40. The van der Waals surface area contributed by atoms with Crippen molar-refractivity contribution in [3.05, 3.63) is 35.4 Å². The molecule has 2 amide bonds. The number of hydrogen-bond acceptors (Lipinski definition) is 2. The molecule has 106 valence electrons. The van der Waals surface area contributed by atoms with Gasteiger partial charge < -0.3 is 4.90 Å². The van der Waals surface area contributed by atoms with Gasteiger partial charge in [0.1, 0.15) is 17.8 Å². The third-order valence-electron chi connectivity index (χ3n) is 3.40. The van der Waals surface area contributed by atoms with Gasteiger partial charge in [0.05, 0.1) is 19.1 Å². The Balaban J connectivity index is 1.81. The topological polar surface area (TPSA) is 35.9 Å². The molecule has 0 bridgehead atoms. The number of hydrogen-bond donors (Lipinski definition) is 0. The Morgan fingerprint density at radius 2 is 1.85 bits per heavy atom. The molecule has 1 saturated heterocycles. The molecule has 1 aromatic carbocycles. The summed E-state index contributed by atoms with van der Waals surface area (Å²) in [5.41, 5.74) is 0.339. The average Bonchev–Trinajstić information content (AvgIpc) is 2.82. The van der Waals surface area contributed by atoms with E-state index in [-0.39, 0.29) is 13.1 Å². The number of benzene rings is 1.